The van der Waals surface area contributed by atoms with Crippen molar-refractivity contribution in [1.29, 1.82) is 0 Å². The zero-order valence-corrected chi connectivity index (χ0v) is 8.74. The Kier molecular flexibility index (Phi) is 2.13. The van der Waals surface area contributed by atoms with Gasteiger partial charge in [-0.1, -0.05) is 30.3 Å². The second kappa shape index (κ2) is 3.63. The average Bonchev–Trinajstić information content (AvgIpc) is 2.48. The topological polar surface area (TPSA) is 9.23 Å². The molecule has 1 heterocycles. The number of ether oxygens (including phenoxy) is 1. The maximum absolute atomic E-state index is 13.1. The molecule has 3 rings (SSSR count). The van der Waals surface area contributed by atoms with Crippen LogP contribution in [0.2, 0.25) is 0 Å². The third-order valence-electron chi connectivity index (χ3n) is 2.91. The zero-order valence-electron chi connectivity index (χ0n) is 8.74. The minimum atomic E-state index is -0.246. The molecule has 80 valence electrons. The molecule has 0 aliphatic carbocycles. The second-order valence-corrected chi connectivity index (χ2v) is 3.99. The van der Waals surface area contributed by atoms with Crippen LogP contribution < -0.4 is 4.74 Å². The van der Waals surface area contributed by atoms with Crippen LogP contribution in [0.25, 0.3) is 0 Å². The average molecular weight is 214 g/mol. The van der Waals surface area contributed by atoms with Crippen molar-refractivity contribution in [2.45, 2.75) is 13.0 Å². The smallest absolute Gasteiger partial charge is 0.126 e. The maximum Gasteiger partial charge on any atom is 0.126 e. The molecule has 2 heteroatoms. The first-order valence-corrected chi connectivity index (χ1v) is 5.31. The van der Waals surface area contributed by atoms with E-state index in [-0.39, 0.29) is 5.82 Å². The van der Waals surface area contributed by atoms with Crippen LogP contribution in [-0.2, 0) is 13.0 Å². The summed E-state index contributed by atoms with van der Waals surface area (Å²) in [6, 6.07) is 12.9. The first kappa shape index (κ1) is 9.40. The lowest BCUT2D eigenvalue weighted by atomic mass is 10.0. The monoisotopic (exact) mass is 214 g/mol. The molecule has 0 N–H and O–H groups in total. The van der Waals surface area contributed by atoms with Crippen LogP contribution in [0.5, 0.6) is 5.75 Å². The first-order valence-electron chi connectivity index (χ1n) is 5.31. The number of benzene rings is 2. The summed E-state index contributed by atoms with van der Waals surface area (Å²) in [7, 11) is 0. The Balaban J connectivity index is 2.08. The molecule has 0 fully saturated rings. The molecule has 1 aliphatic heterocycles. The molecule has 0 amide bonds. The van der Waals surface area contributed by atoms with E-state index in [4.69, 9.17) is 4.74 Å². The fraction of sp³-hybridized carbons (Fsp3) is 0.143. The molecular formula is C14H11FO. The summed E-state index contributed by atoms with van der Waals surface area (Å²) in [5.74, 6) is 0.418. The normalized spacial score (nSPS) is 13.3. The molecule has 0 radical (unpaired) electrons. The third-order valence-corrected chi connectivity index (χ3v) is 2.91. The standard InChI is InChI=1S/C14H11FO/c15-13-6-5-11-7-10-3-1-2-4-12(10)9-16-14(11)8-13/h1-6,8H,7,9H2. The van der Waals surface area contributed by atoms with E-state index in [9.17, 15) is 4.39 Å². The molecular weight excluding hydrogens is 203 g/mol. The van der Waals surface area contributed by atoms with Gasteiger partial charge >= 0.3 is 0 Å². The lowest BCUT2D eigenvalue weighted by Gasteiger charge is -2.05. The third kappa shape index (κ3) is 1.56. The minimum Gasteiger partial charge on any atom is -0.488 e. The quantitative estimate of drug-likeness (QED) is 0.653. The van der Waals surface area contributed by atoms with Gasteiger partial charge in [0, 0.05) is 12.5 Å². The number of hydrogen-bond donors (Lipinski definition) is 0. The van der Waals surface area contributed by atoms with E-state index in [1.54, 1.807) is 6.07 Å². The number of hydrogen-bond acceptors (Lipinski definition) is 1. The molecule has 2 aromatic carbocycles. The van der Waals surface area contributed by atoms with Crippen LogP contribution in [0.1, 0.15) is 16.7 Å². The van der Waals surface area contributed by atoms with Crippen molar-refractivity contribution < 1.29 is 9.13 Å². The van der Waals surface area contributed by atoms with Gasteiger partial charge in [-0.2, -0.15) is 0 Å². The van der Waals surface area contributed by atoms with E-state index in [1.165, 1.54) is 23.3 Å². The summed E-state index contributed by atoms with van der Waals surface area (Å²) in [5.41, 5.74) is 3.48. The molecule has 0 unspecified atom stereocenters. The van der Waals surface area contributed by atoms with Crippen LogP contribution >= 0.6 is 0 Å². The Morgan fingerprint density at radius 3 is 2.62 bits per heavy atom. The highest BCUT2D eigenvalue weighted by Crippen LogP contribution is 2.28. The Hall–Kier alpha value is -1.83. The molecule has 1 aliphatic rings. The van der Waals surface area contributed by atoms with Gasteiger partial charge in [0.15, 0.2) is 0 Å². The van der Waals surface area contributed by atoms with Crippen LogP contribution in [0, 0.1) is 5.82 Å². The van der Waals surface area contributed by atoms with E-state index in [0.717, 1.165) is 12.0 Å². The van der Waals surface area contributed by atoms with E-state index in [1.807, 2.05) is 12.1 Å². The highest BCUT2D eigenvalue weighted by molar-refractivity contribution is 5.42. The van der Waals surface area contributed by atoms with Crippen molar-refractivity contribution in [3.8, 4) is 5.75 Å². The molecule has 0 saturated carbocycles. The molecule has 0 bridgehead atoms. The lowest BCUT2D eigenvalue weighted by Crippen LogP contribution is -1.95. The minimum absolute atomic E-state index is 0.246. The van der Waals surface area contributed by atoms with E-state index < -0.39 is 0 Å². The second-order valence-electron chi connectivity index (χ2n) is 3.99. The Morgan fingerprint density at radius 2 is 1.75 bits per heavy atom. The number of rotatable bonds is 0. The van der Waals surface area contributed by atoms with E-state index >= 15 is 0 Å². The van der Waals surface area contributed by atoms with E-state index in [2.05, 4.69) is 12.1 Å². The van der Waals surface area contributed by atoms with Gasteiger partial charge in [-0.05, 0) is 22.8 Å². The van der Waals surface area contributed by atoms with Crippen molar-refractivity contribution in [2.24, 2.45) is 0 Å². The molecule has 2 aromatic rings. The van der Waals surface area contributed by atoms with Gasteiger partial charge in [-0.25, -0.2) is 4.39 Å². The Bertz CT molecular complexity index is 534. The summed E-state index contributed by atoms with van der Waals surface area (Å²) in [4.78, 5) is 0. The van der Waals surface area contributed by atoms with Crippen LogP contribution in [-0.4, -0.2) is 0 Å². The van der Waals surface area contributed by atoms with Crippen molar-refractivity contribution in [1.82, 2.24) is 0 Å². The van der Waals surface area contributed by atoms with Crippen LogP contribution in [0.3, 0.4) is 0 Å². The molecule has 16 heavy (non-hydrogen) atoms. The summed E-state index contributed by atoms with van der Waals surface area (Å²) >= 11 is 0. The largest absolute Gasteiger partial charge is 0.488 e. The van der Waals surface area contributed by atoms with Gasteiger partial charge in [0.25, 0.3) is 0 Å². The number of fused-ring (bicyclic) bond motifs is 2. The predicted molar refractivity (Wildman–Crippen MR) is 60.0 cm³/mol. The van der Waals surface area contributed by atoms with Crippen molar-refractivity contribution in [3.05, 3.63) is 65.0 Å². The van der Waals surface area contributed by atoms with Crippen LogP contribution in [0.15, 0.2) is 42.5 Å². The molecule has 0 aromatic heterocycles. The number of halogens is 1. The van der Waals surface area contributed by atoms with Gasteiger partial charge in [0.2, 0.25) is 0 Å². The Morgan fingerprint density at radius 1 is 0.938 bits per heavy atom. The van der Waals surface area contributed by atoms with Crippen molar-refractivity contribution in [3.63, 3.8) is 0 Å². The maximum atomic E-state index is 13.1. The first-order chi connectivity index (χ1) is 7.83. The predicted octanol–water partition coefficient (Wildman–Crippen LogP) is 3.31. The summed E-state index contributed by atoms with van der Waals surface area (Å²) in [5, 5.41) is 0. The van der Waals surface area contributed by atoms with Crippen LogP contribution in [0.4, 0.5) is 4.39 Å². The summed E-state index contributed by atoms with van der Waals surface area (Å²) in [6.45, 7) is 0.520. The molecule has 1 nitrogen and oxygen atoms in total. The summed E-state index contributed by atoms with van der Waals surface area (Å²) < 4.78 is 18.7. The van der Waals surface area contributed by atoms with Crippen molar-refractivity contribution >= 4 is 0 Å². The summed E-state index contributed by atoms with van der Waals surface area (Å²) in [6.07, 6.45) is 0.811. The zero-order chi connectivity index (χ0) is 11.0. The Labute approximate surface area is 93.5 Å². The van der Waals surface area contributed by atoms with Gasteiger partial charge < -0.3 is 4.74 Å². The van der Waals surface area contributed by atoms with Crippen molar-refractivity contribution in [2.75, 3.05) is 0 Å². The van der Waals surface area contributed by atoms with E-state index in [0.29, 0.717) is 12.4 Å². The molecule has 0 atom stereocenters. The van der Waals surface area contributed by atoms with Gasteiger partial charge in [-0.15, -0.1) is 0 Å². The van der Waals surface area contributed by atoms with Gasteiger partial charge in [-0.3, -0.25) is 0 Å². The highest BCUT2D eigenvalue weighted by Gasteiger charge is 2.13. The highest BCUT2D eigenvalue weighted by atomic mass is 19.1. The fourth-order valence-electron chi connectivity index (χ4n) is 2.04. The van der Waals surface area contributed by atoms with Gasteiger partial charge in [0.1, 0.15) is 18.2 Å². The molecule has 0 saturated heterocycles. The molecule has 0 spiro atoms. The lowest BCUT2D eigenvalue weighted by molar-refractivity contribution is 0.305. The SMILES string of the molecule is Fc1ccc2c(c1)OCc1ccccc1C2. The fourth-order valence-corrected chi connectivity index (χ4v) is 2.04. The van der Waals surface area contributed by atoms with Gasteiger partial charge in [0.05, 0.1) is 0 Å².